The molecule has 7 heteroatoms. The van der Waals surface area contributed by atoms with Crippen molar-refractivity contribution >= 4 is 11.9 Å². The molecule has 4 rings (SSSR count). The molecule has 1 spiro atoms. The van der Waals surface area contributed by atoms with Gasteiger partial charge in [-0.2, -0.15) is 0 Å². The van der Waals surface area contributed by atoms with E-state index >= 15 is 0 Å². The molecule has 4 aliphatic rings. The molecule has 1 unspecified atom stereocenters. The molecule has 3 heterocycles. The van der Waals surface area contributed by atoms with Crippen LogP contribution in [0.2, 0.25) is 0 Å². The van der Waals surface area contributed by atoms with Crippen molar-refractivity contribution in [3.05, 3.63) is 0 Å². The first-order valence-electron chi connectivity index (χ1n) is 9.16. The van der Waals surface area contributed by atoms with Crippen LogP contribution in [0.1, 0.15) is 32.1 Å². The molecule has 7 nitrogen and oxygen atoms in total. The summed E-state index contributed by atoms with van der Waals surface area (Å²) < 4.78 is 6.15. The zero-order chi connectivity index (χ0) is 16.7. The number of amides is 1. The second kappa shape index (κ2) is 6.28. The highest BCUT2D eigenvalue weighted by Crippen LogP contribution is 2.37. The van der Waals surface area contributed by atoms with Crippen LogP contribution in [0.3, 0.4) is 0 Å². The summed E-state index contributed by atoms with van der Waals surface area (Å²) in [6.45, 7) is 3.73. The summed E-state index contributed by atoms with van der Waals surface area (Å²) in [4.78, 5) is 26.9. The third-order valence-corrected chi connectivity index (χ3v) is 5.97. The molecule has 0 aromatic heterocycles. The van der Waals surface area contributed by atoms with Crippen molar-refractivity contribution in [3.63, 3.8) is 0 Å². The lowest BCUT2D eigenvalue weighted by atomic mass is 9.87. The maximum atomic E-state index is 12.2. The summed E-state index contributed by atoms with van der Waals surface area (Å²) in [6.07, 6.45) is 5.68. The molecule has 3 aliphatic heterocycles. The topological polar surface area (TPSA) is 82.1 Å². The fourth-order valence-electron chi connectivity index (χ4n) is 4.13. The van der Waals surface area contributed by atoms with Crippen LogP contribution in [-0.2, 0) is 14.3 Å². The minimum Gasteiger partial charge on any atom is -0.481 e. The predicted molar refractivity (Wildman–Crippen MR) is 86.6 cm³/mol. The first kappa shape index (κ1) is 16.3. The molecule has 1 amide bonds. The van der Waals surface area contributed by atoms with Crippen molar-refractivity contribution < 1.29 is 19.4 Å². The fourth-order valence-corrected chi connectivity index (χ4v) is 4.13. The average molecular weight is 337 g/mol. The monoisotopic (exact) mass is 337 g/mol. The van der Waals surface area contributed by atoms with Crippen LogP contribution < -0.4 is 5.32 Å². The SMILES string of the molecule is O=C(O)C1CN(C(=O)CN2CCC3(CC2)CC(NC2CC2)CO3)C1. The Bertz CT molecular complexity index is 508. The standard InChI is InChI=1S/C17H27N3O4/c21-15(20-8-12(9-20)16(22)23)10-19-5-3-17(4-6-19)7-14(11-24-17)18-13-1-2-13/h12-14,18H,1-11H2,(H,22,23). The number of carboxylic acids is 1. The lowest BCUT2D eigenvalue weighted by Gasteiger charge is -2.41. The van der Waals surface area contributed by atoms with Gasteiger partial charge in [-0.3, -0.25) is 14.5 Å². The summed E-state index contributed by atoms with van der Waals surface area (Å²) >= 11 is 0. The highest BCUT2D eigenvalue weighted by atomic mass is 16.5. The number of nitrogens with one attached hydrogen (secondary N) is 1. The van der Waals surface area contributed by atoms with Gasteiger partial charge in [0.25, 0.3) is 0 Å². The minimum absolute atomic E-state index is 0.0112. The normalized spacial score (nSPS) is 30.5. The van der Waals surface area contributed by atoms with E-state index in [1.807, 2.05) is 0 Å². The number of ether oxygens (including phenoxy) is 1. The molecule has 0 bridgehead atoms. The Morgan fingerprint density at radius 1 is 1.17 bits per heavy atom. The zero-order valence-electron chi connectivity index (χ0n) is 14.1. The van der Waals surface area contributed by atoms with E-state index in [1.54, 1.807) is 4.90 Å². The molecule has 24 heavy (non-hydrogen) atoms. The number of hydrogen-bond donors (Lipinski definition) is 2. The fraction of sp³-hybridized carbons (Fsp3) is 0.882. The number of likely N-dealkylation sites (tertiary alicyclic amines) is 2. The van der Waals surface area contributed by atoms with E-state index < -0.39 is 5.97 Å². The van der Waals surface area contributed by atoms with Crippen LogP contribution in [0.25, 0.3) is 0 Å². The molecule has 2 N–H and O–H groups in total. The Kier molecular flexibility index (Phi) is 4.26. The number of piperidine rings is 1. The van der Waals surface area contributed by atoms with Crippen molar-refractivity contribution in [1.29, 1.82) is 0 Å². The molecule has 4 fully saturated rings. The average Bonchev–Trinajstić information content (AvgIpc) is 3.21. The predicted octanol–water partition coefficient (Wildman–Crippen LogP) is -0.0951. The minimum atomic E-state index is -0.799. The highest BCUT2D eigenvalue weighted by molar-refractivity contribution is 5.82. The lowest BCUT2D eigenvalue weighted by molar-refractivity contribution is -0.153. The van der Waals surface area contributed by atoms with Gasteiger partial charge in [0.05, 0.1) is 24.7 Å². The summed E-state index contributed by atoms with van der Waals surface area (Å²) in [5.74, 6) is -1.11. The van der Waals surface area contributed by atoms with E-state index in [0.717, 1.165) is 45.0 Å². The first-order valence-corrected chi connectivity index (χ1v) is 9.16. The van der Waals surface area contributed by atoms with E-state index in [2.05, 4.69) is 10.2 Å². The van der Waals surface area contributed by atoms with Gasteiger partial charge in [0.2, 0.25) is 5.91 Å². The van der Waals surface area contributed by atoms with Crippen molar-refractivity contribution in [2.75, 3.05) is 39.3 Å². The van der Waals surface area contributed by atoms with Crippen LogP contribution in [-0.4, -0.2) is 83.8 Å². The Morgan fingerprint density at radius 2 is 1.88 bits per heavy atom. The molecule has 0 aromatic rings. The molecule has 1 atom stereocenters. The van der Waals surface area contributed by atoms with Gasteiger partial charge in [-0.15, -0.1) is 0 Å². The van der Waals surface area contributed by atoms with Gasteiger partial charge in [-0.25, -0.2) is 0 Å². The number of carbonyl (C=O) groups excluding carboxylic acids is 1. The second-order valence-corrected chi connectivity index (χ2v) is 7.95. The largest absolute Gasteiger partial charge is 0.481 e. The first-order chi connectivity index (χ1) is 11.5. The third kappa shape index (κ3) is 3.43. The molecule has 134 valence electrons. The Balaban J connectivity index is 1.19. The van der Waals surface area contributed by atoms with Gasteiger partial charge in [0, 0.05) is 38.3 Å². The molecular formula is C17H27N3O4. The van der Waals surface area contributed by atoms with Gasteiger partial charge in [0.15, 0.2) is 0 Å². The summed E-state index contributed by atoms with van der Waals surface area (Å²) in [6, 6.07) is 1.22. The van der Waals surface area contributed by atoms with E-state index in [4.69, 9.17) is 9.84 Å². The molecule has 0 aromatic carbocycles. The van der Waals surface area contributed by atoms with E-state index in [9.17, 15) is 9.59 Å². The van der Waals surface area contributed by atoms with Crippen LogP contribution in [0.4, 0.5) is 0 Å². The number of rotatable bonds is 5. The highest BCUT2D eigenvalue weighted by Gasteiger charge is 2.44. The second-order valence-electron chi connectivity index (χ2n) is 7.95. The van der Waals surface area contributed by atoms with E-state index in [1.165, 1.54) is 12.8 Å². The van der Waals surface area contributed by atoms with Crippen molar-refractivity contribution in [3.8, 4) is 0 Å². The Morgan fingerprint density at radius 3 is 2.50 bits per heavy atom. The van der Waals surface area contributed by atoms with Gasteiger partial charge >= 0.3 is 5.97 Å². The summed E-state index contributed by atoms with van der Waals surface area (Å²) in [7, 11) is 0. The van der Waals surface area contributed by atoms with Gasteiger partial charge in [-0.05, 0) is 32.1 Å². The van der Waals surface area contributed by atoms with Gasteiger partial charge in [-0.1, -0.05) is 0 Å². The van der Waals surface area contributed by atoms with Crippen LogP contribution in [0.5, 0.6) is 0 Å². The quantitative estimate of drug-likeness (QED) is 0.729. The van der Waals surface area contributed by atoms with Crippen molar-refractivity contribution in [2.45, 2.75) is 49.8 Å². The summed E-state index contributed by atoms with van der Waals surface area (Å²) in [5.41, 5.74) is 0.0112. The van der Waals surface area contributed by atoms with Gasteiger partial charge < -0.3 is 20.1 Å². The maximum Gasteiger partial charge on any atom is 0.310 e. The van der Waals surface area contributed by atoms with Crippen LogP contribution in [0.15, 0.2) is 0 Å². The molecule has 1 aliphatic carbocycles. The van der Waals surface area contributed by atoms with Crippen molar-refractivity contribution in [1.82, 2.24) is 15.1 Å². The van der Waals surface area contributed by atoms with Crippen molar-refractivity contribution in [2.24, 2.45) is 5.92 Å². The van der Waals surface area contributed by atoms with Gasteiger partial charge in [0.1, 0.15) is 0 Å². The van der Waals surface area contributed by atoms with Crippen LogP contribution in [0, 0.1) is 5.92 Å². The molecule has 1 saturated carbocycles. The number of aliphatic carboxylic acids is 1. The molecule has 0 radical (unpaired) electrons. The number of nitrogens with zero attached hydrogens (tertiary/aromatic N) is 2. The van der Waals surface area contributed by atoms with E-state index in [0.29, 0.717) is 25.7 Å². The number of carboxylic acid groups (broad SMARTS) is 1. The third-order valence-electron chi connectivity index (χ3n) is 5.97. The summed E-state index contributed by atoms with van der Waals surface area (Å²) in [5, 5.41) is 12.5. The maximum absolute atomic E-state index is 12.2. The number of carbonyl (C=O) groups is 2. The molecule has 3 saturated heterocycles. The Labute approximate surface area is 142 Å². The number of hydrogen-bond acceptors (Lipinski definition) is 5. The zero-order valence-corrected chi connectivity index (χ0v) is 14.1. The van der Waals surface area contributed by atoms with E-state index in [-0.39, 0.29) is 17.4 Å². The Hall–Kier alpha value is -1.18. The lowest BCUT2D eigenvalue weighted by Crippen LogP contribution is -2.56. The van der Waals surface area contributed by atoms with Crippen LogP contribution >= 0.6 is 0 Å². The molecular weight excluding hydrogens is 310 g/mol. The smallest absolute Gasteiger partial charge is 0.310 e.